The maximum absolute atomic E-state index is 17.0. The third-order valence-corrected chi connectivity index (χ3v) is 9.58. The monoisotopic (exact) mass is 629 g/mol. The highest BCUT2D eigenvalue weighted by atomic mass is 127. The number of carbonyl (C=O) groups excluding carboxylic acids is 2. The van der Waals surface area contributed by atoms with Crippen LogP contribution < -0.4 is 0 Å². The molecule has 4 aliphatic carbocycles. The van der Waals surface area contributed by atoms with Gasteiger partial charge in [0.2, 0.25) is 0 Å². The number of rotatable bonds is 1. The van der Waals surface area contributed by atoms with E-state index in [0.29, 0.717) is 19.3 Å². The van der Waals surface area contributed by atoms with Crippen molar-refractivity contribution in [3.05, 3.63) is 23.8 Å². The molecule has 0 unspecified atom stereocenters. The molecule has 0 aromatic carbocycles. The standard InChI is InChI=1S/C21H26FI2NO4/c1-11-8-15-14-5-4-12-9-13(26)6-7-18(12,2)20(14,22)16(27)10-19(15,3)21(11,29)17(28)25(23)24/h6-7,9,11,14-16,27,29H,4-5,8,10H2,1-3H3/t11-,14+,15+,16+,18+,19+,20+,21+/m1/s1. The smallest absolute Gasteiger partial charge is 0.273 e. The number of allylic oxidation sites excluding steroid dienone is 4. The summed E-state index contributed by atoms with van der Waals surface area (Å²) in [5.41, 5.74) is -4.85. The van der Waals surface area contributed by atoms with Crippen molar-refractivity contribution in [3.63, 3.8) is 0 Å². The number of ketones is 1. The molecule has 8 atom stereocenters. The summed E-state index contributed by atoms with van der Waals surface area (Å²) in [7, 11) is 0. The molecule has 1 amide bonds. The van der Waals surface area contributed by atoms with Gasteiger partial charge in [-0.05, 0) is 56.6 Å². The summed E-state index contributed by atoms with van der Waals surface area (Å²) in [6.45, 7) is 5.46. The first kappa shape index (κ1) is 22.1. The van der Waals surface area contributed by atoms with E-state index in [2.05, 4.69) is 0 Å². The zero-order valence-electron chi connectivity index (χ0n) is 16.7. The third-order valence-electron chi connectivity index (χ3n) is 8.70. The van der Waals surface area contributed by atoms with Gasteiger partial charge in [0.1, 0.15) is 0 Å². The summed E-state index contributed by atoms with van der Waals surface area (Å²) in [6.07, 6.45) is 4.79. The number of nitrogens with zero attached hydrogens (tertiary/aromatic N) is 1. The van der Waals surface area contributed by atoms with Gasteiger partial charge in [-0.1, -0.05) is 25.5 Å². The predicted octanol–water partition coefficient (Wildman–Crippen LogP) is 3.86. The van der Waals surface area contributed by atoms with Crippen LogP contribution in [0, 0.1) is 28.6 Å². The molecule has 2 N–H and O–H groups in total. The summed E-state index contributed by atoms with van der Waals surface area (Å²) in [4.78, 5) is 24.9. The molecule has 0 bridgehead atoms. The number of aliphatic hydroxyl groups excluding tert-OH is 1. The molecule has 3 fully saturated rings. The molecule has 5 nitrogen and oxygen atoms in total. The number of amides is 1. The molecule has 0 radical (unpaired) electrons. The van der Waals surface area contributed by atoms with Crippen LogP contribution in [0.15, 0.2) is 23.8 Å². The number of hydrogen-bond acceptors (Lipinski definition) is 4. The molecule has 4 rings (SSSR count). The highest BCUT2D eigenvalue weighted by molar-refractivity contribution is 14.2. The number of fused-ring (bicyclic) bond motifs is 5. The van der Waals surface area contributed by atoms with Crippen LogP contribution >= 0.6 is 45.7 Å². The molecule has 0 heterocycles. The van der Waals surface area contributed by atoms with Crippen LogP contribution in [0.25, 0.3) is 0 Å². The van der Waals surface area contributed by atoms with Gasteiger partial charge >= 0.3 is 0 Å². The van der Waals surface area contributed by atoms with Gasteiger partial charge in [-0.15, -0.1) is 0 Å². The Hall–Kier alpha value is -0.0700. The van der Waals surface area contributed by atoms with Crippen molar-refractivity contribution in [2.45, 2.75) is 63.8 Å². The first-order valence-corrected chi connectivity index (χ1v) is 12.0. The van der Waals surface area contributed by atoms with E-state index in [9.17, 15) is 19.8 Å². The molecule has 4 aliphatic rings. The lowest BCUT2D eigenvalue weighted by atomic mass is 9.44. The third kappa shape index (κ3) is 2.54. The molecular weight excluding hydrogens is 603 g/mol. The molecule has 0 spiro atoms. The molecule has 3 saturated carbocycles. The number of halogens is 3. The molecular formula is C21H26FI2NO4. The molecule has 0 aromatic rings. The Labute approximate surface area is 198 Å². The van der Waals surface area contributed by atoms with Crippen molar-refractivity contribution >= 4 is 57.4 Å². The summed E-state index contributed by atoms with van der Waals surface area (Å²) >= 11 is 3.70. The summed E-state index contributed by atoms with van der Waals surface area (Å²) in [5, 5.41) is 22.9. The largest absolute Gasteiger partial charge is 0.390 e. The van der Waals surface area contributed by atoms with Crippen LogP contribution in [0.4, 0.5) is 4.39 Å². The molecule has 160 valence electrons. The molecule has 0 saturated heterocycles. The van der Waals surface area contributed by atoms with Gasteiger partial charge in [-0.25, -0.2) is 5.72 Å². The van der Waals surface area contributed by atoms with Crippen LogP contribution in [0.1, 0.15) is 46.5 Å². The summed E-state index contributed by atoms with van der Waals surface area (Å²) < 4.78 is 18.3. The van der Waals surface area contributed by atoms with Crippen LogP contribution in [0.5, 0.6) is 0 Å². The molecule has 0 aliphatic heterocycles. The van der Waals surface area contributed by atoms with Crippen molar-refractivity contribution in [1.82, 2.24) is 1.33 Å². The quantitative estimate of drug-likeness (QED) is 0.342. The summed E-state index contributed by atoms with van der Waals surface area (Å²) in [6, 6.07) is 0. The van der Waals surface area contributed by atoms with E-state index in [1.165, 1.54) is 13.5 Å². The molecule has 0 aromatic heterocycles. The minimum Gasteiger partial charge on any atom is -0.390 e. The first-order chi connectivity index (χ1) is 13.3. The lowest BCUT2D eigenvalue weighted by Crippen LogP contribution is -2.69. The van der Waals surface area contributed by atoms with Crippen LogP contribution in [-0.4, -0.2) is 40.6 Å². The van der Waals surface area contributed by atoms with E-state index < -0.39 is 40.0 Å². The highest BCUT2D eigenvalue weighted by Crippen LogP contribution is 2.70. The van der Waals surface area contributed by atoms with Crippen LogP contribution in [0.3, 0.4) is 0 Å². The predicted molar refractivity (Wildman–Crippen MR) is 123 cm³/mol. The van der Waals surface area contributed by atoms with Gasteiger partial charge in [0.25, 0.3) is 5.91 Å². The van der Waals surface area contributed by atoms with Crippen molar-refractivity contribution in [3.8, 4) is 0 Å². The first-order valence-electron chi connectivity index (χ1n) is 10.0. The SMILES string of the molecule is C[C@@H]1C[C@H]2[C@@H]3CCC4=CC(=O)C=C[C@]4(C)[C@@]3(F)[C@@H](O)C[C@]2(C)[C@@]1(O)C(=O)N(I)I. The zero-order valence-corrected chi connectivity index (χ0v) is 21.0. The average Bonchev–Trinajstić information content (AvgIpc) is 2.84. The molecule has 29 heavy (non-hydrogen) atoms. The fraction of sp³-hybridized carbons (Fsp3) is 0.714. The lowest BCUT2D eigenvalue weighted by molar-refractivity contribution is -0.219. The van der Waals surface area contributed by atoms with E-state index >= 15 is 4.39 Å². The molecule has 8 heteroatoms. The fourth-order valence-electron chi connectivity index (χ4n) is 7.13. The Balaban J connectivity index is 1.83. The van der Waals surface area contributed by atoms with E-state index in [0.717, 1.165) is 5.57 Å². The van der Waals surface area contributed by atoms with Crippen LogP contribution in [-0.2, 0) is 9.59 Å². The number of carbonyl (C=O) groups is 2. The van der Waals surface area contributed by atoms with E-state index in [1.807, 2.05) is 59.6 Å². The second-order valence-corrected chi connectivity index (χ2v) is 13.5. The number of hydrogen-bond donors (Lipinski definition) is 2. The topological polar surface area (TPSA) is 77.8 Å². The minimum atomic E-state index is -1.94. The van der Waals surface area contributed by atoms with Gasteiger partial charge in [0.05, 0.1) is 51.8 Å². The minimum absolute atomic E-state index is 0.00300. The van der Waals surface area contributed by atoms with Gasteiger partial charge in [0.15, 0.2) is 17.1 Å². The normalized spacial score (nSPS) is 51.0. The fourth-order valence-corrected chi connectivity index (χ4v) is 7.87. The average molecular weight is 629 g/mol. The number of aliphatic hydroxyl groups is 2. The lowest BCUT2D eigenvalue weighted by Gasteiger charge is -2.62. The van der Waals surface area contributed by atoms with Gasteiger partial charge < -0.3 is 10.2 Å². The summed E-state index contributed by atoms with van der Waals surface area (Å²) in [5.74, 6) is -1.64. The van der Waals surface area contributed by atoms with Crippen molar-refractivity contribution in [2.75, 3.05) is 0 Å². The Kier molecular flexibility index (Phi) is 5.12. The van der Waals surface area contributed by atoms with E-state index in [-0.39, 0.29) is 24.0 Å². The Morgan fingerprint density at radius 2 is 1.97 bits per heavy atom. The van der Waals surface area contributed by atoms with E-state index in [4.69, 9.17) is 0 Å². The maximum atomic E-state index is 17.0. The van der Waals surface area contributed by atoms with Crippen LogP contribution in [0.2, 0.25) is 0 Å². The second-order valence-electron chi connectivity index (χ2n) is 9.71. The highest BCUT2D eigenvalue weighted by Gasteiger charge is 2.76. The van der Waals surface area contributed by atoms with Gasteiger partial charge in [0, 0.05) is 16.7 Å². The van der Waals surface area contributed by atoms with E-state index in [1.54, 1.807) is 13.0 Å². The Morgan fingerprint density at radius 1 is 1.31 bits per heavy atom. The Bertz CT molecular complexity index is 847. The maximum Gasteiger partial charge on any atom is 0.273 e. The van der Waals surface area contributed by atoms with Gasteiger partial charge in [-0.3, -0.25) is 9.59 Å². The van der Waals surface area contributed by atoms with Crippen molar-refractivity contribution in [1.29, 1.82) is 0 Å². The second kappa shape index (κ2) is 6.71. The Morgan fingerprint density at radius 3 is 2.59 bits per heavy atom. The van der Waals surface area contributed by atoms with Crippen molar-refractivity contribution < 1.29 is 24.2 Å². The zero-order chi connectivity index (χ0) is 21.6. The van der Waals surface area contributed by atoms with Gasteiger partial charge in [-0.2, -0.15) is 0 Å². The number of alkyl halides is 1. The van der Waals surface area contributed by atoms with Crippen molar-refractivity contribution in [2.24, 2.45) is 28.6 Å².